The Morgan fingerprint density at radius 3 is 1.63 bits per heavy atom. The van der Waals surface area contributed by atoms with Gasteiger partial charge in [0.2, 0.25) is 8.13 Å². The zero-order chi connectivity index (χ0) is 15.1. The van der Waals surface area contributed by atoms with Gasteiger partial charge in [0, 0.05) is 0 Å². The second kappa shape index (κ2) is 6.14. The smallest absolute Gasteiger partial charge is 0.226 e. The Kier molecular flexibility index (Phi) is 5.90. The van der Waals surface area contributed by atoms with Crippen LogP contribution < -0.4 is 0 Å². The molecule has 0 aliphatic rings. The van der Waals surface area contributed by atoms with E-state index in [4.69, 9.17) is 81.2 Å². The topological polar surface area (TPSA) is 19.9 Å². The largest absolute Gasteiger partial charge is 0.228 e. The molecule has 0 N–H and O–H groups in total. The molecule has 1 nitrogen and oxygen atoms in total. The lowest BCUT2D eigenvalue weighted by molar-refractivity contribution is 0.106. The fraction of sp³-hybridized carbons (Fsp3) is 0.455. The summed E-state index contributed by atoms with van der Waals surface area (Å²) in [7, 11) is 0. The summed E-state index contributed by atoms with van der Waals surface area (Å²) in [5.74, 6) is 0. The van der Waals surface area contributed by atoms with Gasteiger partial charge in [0.05, 0.1) is 0 Å². The van der Waals surface area contributed by atoms with Crippen molar-refractivity contribution in [3.63, 3.8) is 0 Å². The molecule has 0 bridgehead atoms. The van der Waals surface area contributed by atoms with Gasteiger partial charge in [-0.1, -0.05) is 105 Å². The van der Waals surface area contributed by atoms with Crippen LogP contribution in [0.1, 0.15) is 24.2 Å². The predicted octanol–water partition coefficient (Wildman–Crippen LogP) is 6.35. The van der Waals surface area contributed by atoms with Gasteiger partial charge in [-0.25, -0.2) is 5.11 Å². The third-order valence-electron chi connectivity index (χ3n) is 2.49. The lowest BCUT2D eigenvalue weighted by atomic mass is 10.0. The van der Waals surface area contributed by atoms with Gasteiger partial charge in [0.15, 0.2) is 4.33 Å². The number of halogens is 7. The van der Waals surface area contributed by atoms with Crippen molar-refractivity contribution in [2.75, 3.05) is 0 Å². The van der Waals surface area contributed by atoms with Crippen LogP contribution in [0.5, 0.6) is 0 Å². The maximum absolute atomic E-state index is 11.3. The Bertz CT molecular complexity index is 433. The number of benzene rings is 1. The van der Waals surface area contributed by atoms with Crippen molar-refractivity contribution < 1.29 is 5.11 Å². The van der Waals surface area contributed by atoms with Gasteiger partial charge >= 0.3 is 0 Å². The summed E-state index contributed by atoms with van der Waals surface area (Å²) in [4.78, 5) is 0. The Hall–Kier alpha value is 1.21. The molecule has 1 aromatic rings. The molecule has 107 valence electrons. The van der Waals surface area contributed by atoms with Crippen molar-refractivity contribution in [1.29, 1.82) is 0 Å². The highest BCUT2D eigenvalue weighted by Crippen LogP contribution is 2.60. The summed E-state index contributed by atoms with van der Waals surface area (Å²) in [5.41, 5.74) is 0.882. The van der Waals surface area contributed by atoms with Crippen molar-refractivity contribution in [2.24, 2.45) is 0 Å². The zero-order valence-corrected chi connectivity index (χ0v) is 14.7. The lowest BCUT2D eigenvalue weighted by Gasteiger charge is -2.37. The molecule has 0 aliphatic carbocycles. The molecule has 0 saturated carbocycles. The Morgan fingerprint density at radius 1 is 0.895 bits per heavy atom. The van der Waals surface area contributed by atoms with Crippen LogP contribution in [0.3, 0.4) is 0 Å². The molecule has 1 rings (SSSR count). The minimum atomic E-state index is -2.11. The van der Waals surface area contributed by atoms with Gasteiger partial charge < -0.3 is 0 Å². The molecule has 0 spiro atoms. The zero-order valence-electron chi connectivity index (χ0n) is 9.44. The van der Waals surface area contributed by atoms with Crippen molar-refractivity contribution in [2.45, 2.75) is 25.5 Å². The van der Waals surface area contributed by atoms with Gasteiger partial charge in [0.25, 0.3) is 0 Å². The van der Waals surface area contributed by atoms with E-state index < -0.39 is 18.6 Å². The fourth-order valence-corrected chi connectivity index (χ4v) is 2.79. The summed E-state index contributed by atoms with van der Waals surface area (Å²) in [6.45, 7) is 1.51. The molecule has 0 aliphatic heterocycles. The van der Waals surface area contributed by atoms with Crippen LogP contribution in [0.25, 0.3) is 0 Å². The lowest BCUT2D eigenvalue weighted by Crippen LogP contribution is -2.45. The van der Waals surface area contributed by atoms with E-state index in [9.17, 15) is 5.11 Å². The molecule has 1 aromatic carbocycles. The van der Waals surface area contributed by atoms with Gasteiger partial charge in [0.1, 0.15) is 6.10 Å². The third-order valence-corrected chi connectivity index (χ3v) is 6.45. The molecule has 0 aromatic heterocycles. The van der Waals surface area contributed by atoms with E-state index in [1.54, 1.807) is 12.1 Å². The molecule has 0 fully saturated rings. The Labute approximate surface area is 146 Å². The fourth-order valence-electron chi connectivity index (χ4n) is 1.32. The molecule has 1 atom stereocenters. The molecular formula is C11H8Cl7O. The average molecular weight is 404 g/mol. The van der Waals surface area contributed by atoms with Crippen LogP contribution in [0, 0.1) is 0 Å². The van der Waals surface area contributed by atoms with Crippen LogP contribution in [0.4, 0.5) is 0 Å². The van der Waals surface area contributed by atoms with Gasteiger partial charge in [-0.05, 0) is 18.1 Å². The van der Waals surface area contributed by atoms with E-state index in [1.165, 1.54) is 19.1 Å². The molecule has 0 saturated heterocycles. The molecule has 1 radical (unpaired) electrons. The predicted molar refractivity (Wildman–Crippen MR) is 83.7 cm³/mol. The quantitative estimate of drug-likeness (QED) is 0.523. The molecule has 0 amide bonds. The first kappa shape index (κ1) is 18.3. The van der Waals surface area contributed by atoms with Gasteiger partial charge in [-0.15, -0.1) is 0 Å². The second-order valence-corrected chi connectivity index (χ2v) is 8.85. The summed E-state index contributed by atoms with van der Waals surface area (Å²) in [6.07, 6.45) is -0.876. The summed E-state index contributed by atoms with van der Waals surface area (Å²) < 4.78 is -6.06. The maximum Gasteiger partial charge on any atom is 0.226 e. The summed E-state index contributed by atoms with van der Waals surface area (Å²) in [5, 5.41) is 11.3. The first-order valence-electron chi connectivity index (χ1n) is 5.00. The average Bonchev–Trinajstić information content (AvgIpc) is 2.27. The highest BCUT2D eigenvalue weighted by Gasteiger charge is 2.60. The van der Waals surface area contributed by atoms with Crippen molar-refractivity contribution >= 4 is 81.2 Å². The normalized spacial score (nSPS) is 15.4. The first-order valence-corrected chi connectivity index (χ1v) is 7.64. The van der Waals surface area contributed by atoms with Crippen molar-refractivity contribution in [3.8, 4) is 0 Å². The molecular weight excluding hydrogens is 396 g/mol. The van der Waals surface area contributed by atoms with E-state index >= 15 is 0 Å². The number of rotatable bonds is 3. The molecule has 0 heterocycles. The van der Waals surface area contributed by atoms with Crippen LogP contribution >= 0.6 is 81.2 Å². The standard InChI is InChI=1S/C11H8Cl7O/c1-6(19)7-2-4-8(5-3-7)9(12,13)10(14,15)11(16,17)18/h2-6H,1H3. The number of hydrogen-bond acceptors (Lipinski definition) is 0. The van der Waals surface area contributed by atoms with Crippen LogP contribution in [0.2, 0.25) is 0 Å². The third kappa shape index (κ3) is 3.70. The van der Waals surface area contributed by atoms with E-state index in [-0.39, 0.29) is 0 Å². The number of alkyl halides is 7. The molecule has 8 heteroatoms. The SMILES string of the molecule is CC([O])c1ccc(C(Cl)(Cl)C(Cl)(Cl)C(Cl)(Cl)Cl)cc1. The number of hydrogen-bond donors (Lipinski definition) is 0. The Balaban J connectivity index is 3.20. The Morgan fingerprint density at radius 2 is 1.32 bits per heavy atom. The summed E-state index contributed by atoms with van der Waals surface area (Å²) >= 11 is 41.3. The first-order chi connectivity index (χ1) is 8.41. The van der Waals surface area contributed by atoms with Crippen LogP contribution in [0.15, 0.2) is 24.3 Å². The van der Waals surface area contributed by atoms with E-state index in [2.05, 4.69) is 0 Å². The highest BCUT2D eigenvalue weighted by atomic mass is 35.6. The van der Waals surface area contributed by atoms with E-state index in [0.717, 1.165) is 0 Å². The van der Waals surface area contributed by atoms with Gasteiger partial charge in [-0.3, -0.25) is 0 Å². The second-order valence-electron chi connectivity index (χ2n) is 3.91. The van der Waals surface area contributed by atoms with Crippen LogP contribution in [-0.4, -0.2) is 8.13 Å². The van der Waals surface area contributed by atoms with Crippen LogP contribution in [-0.2, 0) is 9.44 Å². The molecule has 1 unspecified atom stereocenters. The van der Waals surface area contributed by atoms with Crippen molar-refractivity contribution in [1.82, 2.24) is 0 Å². The maximum atomic E-state index is 11.3. The van der Waals surface area contributed by atoms with Crippen molar-refractivity contribution in [3.05, 3.63) is 35.4 Å². The van der Waals surface area contributed by atoms with E-state index in [0.29, 0.717) is 11.1 Å². The van der Waals surface area contributed by atoms with Gasteiger partial charge in [-0.2, -0.15) is 0 Å². The minimum absolute atomic E-state index is 0.316. The highest BCUT2D eigenvalue weighted by molar-refractivity contribution is 6.78. The molecule has 19 heavy (non-hydrogen) atoms. The summed E-state index contributed by atoms with van der Waals surface area (Å²) in [6, 6.07) is 6.16. The van der Waals surface area contributed by atoms with E-state index in [1.807, 2.05) is 0 Å². The monoisotopic (exact) mass is 401 g/mol. The minimum Gasteiger partial charge on any atom is -0.228 e.